The molecule has 1 aromatic rings. The average molecular weight is 507 g/mol. The van der Waals surface area contributed by atoms with Crippen LogP contribution in [0.5, 0.6) is 0 Å². The van der Waals surface area contributed by atoms with Crippen molar-refractivity contribution >= 4 is 26.0 Å². The Hall–Kier alpha value is -0.770. The molecule has 0 bridgehead atoms. The summed E-state index contributed by atoms with van der Waals surface area (Å²) >= 11 is 3.58. The van der Waals surface area contributed by atoms with Crippen LogP contribution in [-0.4, -0.2) is 47.7 Å². The Bertz CT molecular complexity index is 807. The van der Waals surface area contributed by atoms with E-state index in [9.17, 15) is 8.42 Å². The lowest BCUT2D eigenvalue weighted by molar-refractivity contribution is -0.0804. The van der Waals surface area contributed by atoms with Crippen LogP contribution in [0.1, 0.15) is 44.4 Å². The predicted octanol–water partition coefficient (Wildman–Crippen LogP) is 4.61. The number of ether oxygens (including phenoxy) is 3. The summed E-state index contributed by atoms with van der Waals surface area (Å²) in [6.07, 6.45) is 1.59. The minimum Gasteiger partial charge on any atom is -0.382 e. The number of methoxy groups -OCH3 is 1. The normalized spacial score (nSPS) is 15.3. The minimum absolute atomic E-state index is 0.134. The molecule has 0 saturated carbocycles. The van der Waals surface area contributed by atoms with Gasteiger partial charge in [0.25, 0.3) is 0 Å². The summed E-state index contributed by atoms with van der Waals surface area (Å²) < 4.78 is 46.0. The van der Waals surface area contributed by atoms with Gasteiger partial charge in [-0.3, -0.25) is 0 Å². The topological polar surface area (TPSA) is 73.9 Å². The van der Waals surface area contributed by atoms with E-state index in [4.69, 9.17) is 14.2 Å². The van der Waals surface area contributed by atoms with Crippen molar-refractivity contribution in [3.05, 3.63) is 39.4 Å². The Labute approximate surface area is 190 Å². The maximum absolute atomic E-state index is 13.3. The van der Waals surface area contributed by atoms with E-state index < -0.39 is 16.1 Å². The van der Waals surface area contributed by atoms with E-state index >= 15 is 0 Å². The summed E-state index contributed by atoms with van der Waals surface area (Å²) in [6.45, 7) is 14.5. The van der Waals surface area contributed by atoms with E-state index in [1.165, 1.54) is 0 Å². The van der Waals surface area contributed by atoms with Crippen LogP contribution in [-0.2, 0) is 24.2 Å². The zero-order chi connectivity index (χ0) is 23.1. The van der Waals surface area contributed by atoms with Crippen molar-refractivity contribution in [2.24, 2.45) is 5.41 Å². The Morgan fingerprint density at radius 1 is 1.17 bits per heavy atom. The Kier molecular flexibility index (Phi) is 10.7. The zero-order valence-corrected chi connectivity index (χ0v) is 21.7. The van der Waals surface area contributed by atoms with Crippen molar-refractivity contribution in [1.29, 1.82) is 0 Å². The van der Waals surface area contributed by atoms with Gasteiger partial charge in [-0.2, -0.15) is 0 Å². The highest BCUT2D eigenvalue weighted by Gasteiger charge is 2.33. The SMILES string of the molecule is COCCOCO[C@@H](C)/C=C(/Br)[C@H](NS(=O)(=O)c1c(C)cc(C)cc1C)C(C)(C)C. The molecule has 0 unspecified atom stereocenters. The van der Waals surface area contributed by atoms with Crippen molar-refractivity contribution in [2.75, 3.05) is 27.1 Å². The van der Waals surface area contributed by atoms with Gasteiger partial charge in [-0.05, 0) is 50.3 Å². The van der Waals surface area contributed by atoms with Crippen molar-refractivity contribution in [2.45, 2.75) is 65.5 Å². The number of hydrogen-bond donors (Lipinski definition) is 1. The molecule has 1 rings (SSSR count). The molecular weight excluding hydrogens is 470 g/mol. The van der Waals surface area contributed by atoms with Crippen LogP contribution in [0.25, 0.3) is 0 Å². The van der Waals surface area contributed by atoms with Gasteiger partial charge in [-0.1, -0.05) is 54.4 Å². The summed E-state index contributed by atoms with van der Waals surface area (Å²) in [5, 5.41) is 0. The van der Waals surface area contributed by atoms with Crippen LogP contribution in [0, 0.1) is 26.2 Å². The molecule has 8 heteroatoms. The van der Waals surface area contributed by atoms with Gasteiger partial charge in [0.15, 0.2) is 0 Å². The van der Waals surface area contributed by atoms with E-state index in [1.54, 1.807) is 7.11 Å². The number of rotatable bonds is 11. The van der Waals surface area contributed by atoms with Crippen LogP contribution in [0.4, 0.5) is 0 Å². The highest BCUT2D eigenvalue weighted by molar-refractivity contribution is 9.11. The van der Waals surface area contributed by atoms with Crippen LogP contribution < -0.4 is 4.72 Å². The molecule has 30 heavy (non-hydrogen) atoms. The van der Waals surface area contributed by atoms with E-state index in [2.05, 4.69) is 20.7 Å². The summed E-state index contributed by atoms with van der Waals surface area (Å²) in [4.78, 5) is 0.332. The van der Waals surface area contributed by atoms with Crippen LogP contribution in [0.15, 0.2) is 27.6 Å². The fourth-order valence-corrected chi connectivity index (χ4v) is 6.38. The highest BCUT2D eigenvalue weighted by Crippen LogP contribution is 2.31. The number of benzene rings is 1. The lowest BCUT2D eigenvalue weighted by atomic mass is 9.87. The fourth-order valence-electron chi connectivity index (χ4n) is 3.18. The molecule has 0 amide bonds. The van der Waals surface area contributed by atoms with Gasteiger partial charge < -0.3 is 14.2 Å². The molecule has 0 radical (unpaired) electrons. The third-order valence-electron chi connectivity index (χ3n) is 4.53. The number of halogens is 1. The highest BCUT2D eigenvalue weighted by atomic mass is 79.9. The summed E-state index contributed by atoms with van der Waals surface area (Å²) in [5.74, 6) is 0. The molecule has 0 aliphatic rings. The first-order valence-electron chi connectivity index (χ1n) is 9.95. The largest absolute Gasteiger partial charge is 0.382 e. The molecule has 0 heterocycles. The molecule has 0 aromatic heterocycles. The Morgan fingerprint density at radius 2 is 1.73 bits per heavy atom. The number of sulfonamides is 1. The Morgan fingerprint density at radius 3 is 2.23 bits per heavy atom. The summed E-state index contributed by atoms with van der Waals surface area (Å²) in [5.41, 5.74) is 2.13. The maximum atomic E-state index is 13.3. The monoisotopic (exact) mass is 505 g/mol. The lowest BCUT2D eigenvalue weighted by Gasteiger charge is -2.32. The smallest absolute Gasteiger partial charge is 0.241 e. The quantitative estimate of drug-likeness (QED) is 0.351. The molecule has 1 aromatic carbocycles. The molecule has 0 aliphatic heterocycles. The van der Waals surface area contributed by atoms with Crippen molar-refractivity contribution in [3.8, 4) is 0 Å². The second-order valence-corrected chi connectivity index (χ2v) is 11.2. The molecule has 6 nitrogen and oxygen atoms in total. The molecule has 0 saturated heterocycles. The first-order chi connectivity index (χ1) is 13.8. The van der Waals surface area contributed by atoms with Gasteiger partial charge in [-0.25, -0.2) is 13.1 Å². The number of aryl methyl sites for hydroxylation is 3. The van der Waals surface area contributed by atoms with Gasteiger partial charge in [0.2, 0.25) is 10.0 Å². The minimum atomic E-state index is -3.73. The van der Waals surface area contributed by atoms with Gasteiger partial charge in [0, 0.05) is 11.6 Å². The third kappa shape index (κ3) is 8.40. The second-order valence-electron chi connectivity index (χ2n) is 8.59. The number of nitrogens with one attached hydrogen (secondary N) is 1. The van der Waals surface area contributed by atoms with E-state index in [0.29, 0.717) is 22.6 Å². The molecule has 1 N–H and O–H groups in total. The van der Waals surface area contributed by atoms with Crippen molar-refractivity contribution < 1.29 is 22.6 Å². The fraction of sp³-hybridized carbons (Fsp3) is 0.636. The molecule has 172 valence electrons. The predicted molar refractivity (Wildman–Crippen MR) is 124 cm³/mol. The van der Waals surface area contributed by atoms with Crippen LogP contribution in [0.2, 0.25) is 0 Å². The summed E-state index contributed by atoms with van der Waals surface area (Å²) in [7, 11) is -2.12. The third-order valence-corrected chi connectivity index (χ3v) is 6.98. The van der Waals surface area contributed by atoms with E-state index in [-0.39, 0.29) is 18.3 Å². The van der Waals surface area contributed by atoms with Crippen molar-refractivity contribution in [1.82, 2.24) is 4.72 Å². The molecule has 2 atom stereocenters. The number of hydrogen-bond acceptors (Lipinski definition) is 5. The molecule has 0 spiro atoms. The van der Waals surface area contributed by atoms with Crippen molar-refractivity contribution in [3.63, 3.8) is 0 Å². The second kappa shape index (κ2) is 11.7. The Balaban J connectivity index is 3.05. The summed E-state index contributed by atoms with van der Waals surface area (Å²) in [6, 6.07) is 3.30. The van der Waals surface area contributed by atoms with Crippen LogP contribution >= 0.6 is 15.9 Å². The van der Waals surface area contributed by atoms with E-state index in [0.717, 1.165) is 16.7 Å². The van der Waals surface area contributed by atoms with E-state index in [1.807, 2.05) is 66.7 Å². The molecule has 0 aliphatic carbocycles. The first-order valence-corrected chi connectivity index (χ1v) is 12.2. The van der Waals surface area contributed by atoms with Gasteiger partial charge in [0.05, 0.1) is 30.3 Å². The first kappa shape index (κ1) is 27.3. The average Bonchev–Trinajstić information content (AvgIpc) is 2.57. The van der Waals surface area contributed by atoms with Gasteiger partial charge in [0.1, 0.15) is 6.79 Å². The van der Waals surface area contributed by atoms with Gasteiger partial charge >= 0.3 is 0 Å². The zero-order valence-electron chi connectivity index (χ0n) is 19.3. The molecule has 0 fully saturated rings. The van der Waals surface area contributed by atoms with Gasteiger partial charge in [-0.15, -0.1) is 0 Å². The van der Waals surface area contributed by atoms with Crippen LogP contribution in [0.3, 0.4) is 0 Å². The molecular formula is C22H36BrNO5S. The lowest BCUT2D eigenvalue weighted by Crippen LogP contribution is -2.44. The standard InChI is InChI=1S/C22H36BrNO5S/c1-15-11-16(2)20(17(3)12-15)30(25,26)24-21(22(5,6)7)19(23)13-18(4)29-14-28-10-9-27-8/h11-13,18,21,24H,9-10,14H2,1-8H3/b19-13+/t18-,21-/m0/s1. The maximum Gasteiger partial charge on any atom is 0.241 e.